The topological polar surface area (TPSA) is 381 Å². The lowest BCUT2D eigenvalue weighted by molar-refractivity contribution is -0.344. The first-order chi connectivity index (χ1) is 38.2. The van der Waals surface area contributed by atoms with Crippen molar-refractivity contribution in [2.45, 2.75) is 324 Å². The SMILES string of the molecule is CCCCCCCCCCCCCCCCCCCC[C@@H](O)C(=O)NC(O[C@@H]1O[C@H](CO[C@]2(C(=O)O)C[C@H](O)[C@@H](NC(=O)CO)[C@H]([C@H](O)[C@H](O)CO)O2)[C@@H](O)[C@H](O)[C@H]1O)[C@@H](N)[C@H](O)[C@H](O)CCCCCCCCCCCCC(C)C. The Morgan fingerprint density at radius 2 is 1.10 bits per heavy atom. The summed E-state index contributed by atoms with van der Waals surface area (Å²) in [5, 5.41) is 133. The molecule has 0 radical (unpaired) electrons. The van der Waals surface area contributed by atoms with Crippen LogP contribution in [0.2, 0.25) is 0 Å². The fraction of sp³-hybridized carbons (Fsp3) is 0.948. The van der Waals surface area contributed by atoms with Gasteiger partial charge in [-0.3, -0.25) is 9.59 Å². The second-order valence-corrected chi connectivity index (χ2v) is 23.3. The normalized spacial score (nSPS) is 26.1. The number of amides is 2. The van der Waals surface area contributed by atoms with Crippen molar-refractivity contribution in [2.24, 2.45) is 11.7 Å². The number of nitrogens with two attached hydrogens (primary N) is 1. The van der Waals surface area contributed by atoms with Crippen LogP contribution in [0.25, 0.3) is 0 Å². The molecule has 0 spiro atoms. The largest absolute Gasteiger partial charge is 0.477 e. The fourth-order valence-corrected chi connectivity index (χ4v) is 10.6. The molecular weight excluding hydrogens is 1040 g/mol. The number of carboxylic acid groups (broad SMARTS) is 1. The monoisotopic (exact) mass is 1150 g/mol. The van der Waals surface area contributed by atoms with Crippen molar-refractivity contribution in [3.05, 3.63) is 0 Å². The number of hydrogen-bond donors (Lipinski definition) is 15. The predicted octanol–water partition coefficient (Wildman–Crippen LogP) is 3.57. The summed E-state index contributed by atoms with van der Waals surface area (Å²) in [6.45, 7) is 3.53. The van der Waals surface area contributed by atoms with Gasteiger partial charge in [0.05, 0.1) is 43.6 Å². The first-order valence-corrected chi connectivity index (χ1v) is 30.8. The molecule has 2 aliphatic rings. The highest BCUT2D eigenvalue weighted by Crippen LogP contribution is 2.35. The number of carbonyl (C=O) groups is 3. The predicted molar refractivity (Wildman–Crippen MR) is 299 cm³/mol. The summed E-state index contributed by atoms with van der Waals surface area (Å²) in [5.74, 6) is -6.17. The van der Waals surface area contributed by atoms with Crippen LogP contribution in [0, 0.1) is 5.92 Å². The van der Waals surface area contributed by atoms with Gasteiger partial charge in [0.2, 0.25) is 5.91 Å². The smallest absolute Gasteiger partial charge is 0.364 e. The van der Waals surface area contributed by atoms with E-state index < -0.39 is 142 Å². The lowest BCUT2D eigenvalue weighted by Crippen LogP contribution is -2.69. The molecule has 0 bridgehead atoms. The van der Waals surface area contributed by atoms with Gasteiger partial charge in [-0.05, 0) is 18.8 Å². The summed E-state index contributed by atoms with van der Waals surface area (Å²) >= 11 is 0. The molecule has 22 nitrogen and oxygen atoms in total. The molecule has 0 aliphatic carbocycles. The molecule has 80 heavy (non-hydrogen) atoms. The molecule has 0 saturated carbocycles. The Morgan fingerprint density at radius 3 is 1.55 bits per heavy atom. The van der Waals surface area contributed by atoms with Crippen molar-refractivity contribution in [3.8, 4) is 0 Å². The number of aliphatic carboxylic acids is 1. The molecule has 0 aromatic heterocycles. The summed E-state index contributed by atoms with van der Waals surface area (Å²) in [7, 11) is 0. The van der Waals surface area contributed by atoms with Gasteiger partial charge >= 0.3 is 5.97 Å². The number of aliphatic hydroxyl groups excluding tert-OH is 11. The van der Waals surface area contributed by atoms with Crippen LogP contribution in [0.1, 0.15) is 226 Å². The number of carbonyl (C=O) groups excluding carboxylic acids is 2. The Bertz CT molecular complexity index is 1610. The van der Waals surface area contributed by atoms with Crippen LogP contribution < -0.4 is 16.4 Å². The van der Waals surface area contributed by atoms with E-state index in [0.29, 0.717) is 12.8 Å². The molecule has 2 amide bonds. The van der Waals surface area contributed by atoms with E-state index in [-0.39, 0.29) is 12.8 Å². The van der Waals surface area contributed by atoms with Crippen molar-refractivity contribution in [3.63, 3.8) is 0 Å². The van der Waals surface area contributed by atoms with Gasteiger partial charge in [0, 0.05) is 6.42 Å². The molecule has 2 heterocycles. The Morgan fingerprint density at radius 1 is 0.637 bits per heavy atom. The van der Waals surface area contributed by atoms with Crippen molar-refractivity contribution in [2.75, 3.05) is 19.8 Å². The zero-order valence-corrected chi connectivity index (χ0v) is 48.8. The Labute approximate surface area is 476 Å². The van der Waals surface area contributed by atoms with E-state index >= 15 is 0 Å². The molecule has 2 aliphatic heterocycles. The third-order valence-electron chi connectivity index (χ3n) is 15.8. The molecule has 0 aromatic carbocycles. The average Bonchev–Trinajstić information content (AvgIpc) is 3.43. The summed E-state index contributed by atoms with van der Waals surface area (Å²) in [6.07, 6.45) is 7.37. The van der Waals surface area contributed by atoms with Crippen LogP contribution in [-0.2, 0) is 33.3 Å². The maximum Gasteiger partial charge on any atom is 0.364 e. The van der Waals surface area contributed by atoms with Gasteiger partial charge in [-0.2, -0.15) is 0 Å². The molecule has 2 rings (SSSR count). The van der Waals surface area contributed by atoms with E-state index in [4.69, 9.17) is 24.7 Å². The van der Waals surface area contributed by atoms with Crippen molar-refractivity contribution in [1.82, 2.24) is 10.6 Å². The fourth-order valence-electron chi connectivity index (χ4n) is 10.6. The van der Waals surface area contributed by atoms with Crippen molar-refractivity contribution in [1.29, 1.82) is 0 Å². The lowest BCUT2D eigenvalue weighted by Gasteiger charge is -2.47. The molecular formula is C58H111N3O19. The van der Waals surface area contributed by atoms with Crippen molar-refractivity contribution < 1.29 is 94.6 Å². The molecule has 16 atom stereocenters. The summed E-state index contributed by atoms with van der Waals surface area (Å²) in [5.41, 5.74) is 6.50. The maximum atomic E-state index is 13.6. The van der Waals surface area contributed by atoms with Crippen LogP contribution in [-0.4, -0.2) is 196 Å². The summed E-state index contributed by atoms with van der Waals surface area (Å²) in [6, 6.07) is -3.31. The summed E-state index contributed by atoms with van der Waals surface area (Å²) in [4.78, 5) is 38.5. The van der Waals surface area contributed by atoms with E-state index in [2.05, 4.69) is 31.4 Å². The first kappa shape index (κ1) is 73.9. The number of carboxylic acids is 1. The van der Waals surface area contributed by atoms with Gasteiger partial charge < -0.3 is 96.6 Å². The van der Waals surface area contributed by atoms with Crippen LogP contribution in [0.4, 0.5) is 0 Å². The number of nitrogens with one attached hydrogen (secondary N) is 2. The Kier molecular flexibility index (Phi) is 39.3. The molecule has 16 N–H and O–H groups in total. The first-order valence-electron chi connectivity index (χ1n) is 30.8. The number of aliphatic hydroxyl groups is 11. The Balaban J connectivity index is 2.10. The highest BCUT2D eigenvalue weighted by molar-refractivity contribution is 5.80. The molecule has 22 heteroatoms. The molecule has 0 aromatic rings. The number of rotatable bonds is 48. The van der Waals surface area contributed by atoms with Crippen LogP contribution in [0.5, 0.6) is 0 Å². The summed E-state index contributed by atoms with van der Waals surface area (Å²) < 4.78 is 22.9. The van der Waals surface area contributed by atoms with Gasteiger partial charge in [-0.15, -0.1) is 0 Å². The average molecular weight is 1150 g/mol. The minimum Gasteiger partial charge on any atom is -0.477 e. The van der Waals surface area contributed by atoms with E-state index in [1.807, 2.05) is 0 Å². The minimum atomic E-state index is -2.94. The van der Waals surface area contributed by atoms with E-state index in [1.165, 1.54) is 109 Å². The lowest BCUT2D eigenvalue weighted by atomic mass is 9.88. The minimum absolute atomic E-state index is 0.0658. The quantitative estimate of drug-likeness (QED) is 0.0306. The molecule has 2 fully saturated rings. The maximum absolute atomic E-state index is 13.6. The van der Waals surface area contributed by atoms with Crippen molar-refractivity contribution >= 4 is 17.8 Å². The van der Waals surface area contributed by atoms with Gasteiger partial charge in [0.25, 0.3) is 11.7 Å². The standard InChI is InChI=1S/C58H111N3O19/c1-4-5-6-7-8-9-10-11-12-13-14-15-16-17-22-25-28-31-34-41(65)54(74)61-55(46(59)48(69)40(64)33-30-27-24-21-19-18-20-23-26-29-32-39(2)3)79-56-52(73)51(72)50(71)44(78-56)38-77-58(57(75)76)35-42(66)47(60-45(68)37-63)53(80-58)49(70)43(67)36-62/h39-44,46-53,55-56,62-67,69-73H,4-38,59H2,1-3H3,(H,60,68)(H,61,74)(H,75,76)/t40-,41-,42+,43-,44-,46+,47-,48-,49-,50-,51+,52-,53-,55?,56+,58-/m1/s1. The van der Waals surface area contributed by atoms with E-state index in [9.17, 15) is 75.7 Å². The third kappa shape index (κ3) is 28.1. The number of ether oxygens (including phenoxy) is 4. The zero-order valence-electron chi connectivity index (χ0n) is 48.8. The second-order valence-electron chi connectivity index (χ2n) is 23.3. The van der Waals surface area contributed by atoms with Crippen LogP contribution in [0.3, 0.4) is 0 Å². The van der Waals surface area contributed by atoms with Crippen LogP contribution in [0.15, 0.2) is 0 Å². The molecule has 2 saturated heterocycles. The molecule has 1 unspecified atom stereocenters. The van der Waals surface area contributed by atoms with E-state index in [1.54, 1.807) is 0 Å². The highest BCUT2D eigenvalue weighted by Gasteiger charge is 2.57. The third-order valence-corrected chi connectivity index (χ3v) is 15.8. The van der Waals surface area contributed by atoms with E-state index in [0.717, 1.165) is 70.1 Å². The van der Waals surface area contributed by atoms with Gasteiger partial charge in [-0.1, -0.05) is 207 Å². The van der Waals surface area contributed by atoms with Gasteiger partial charge in [0.15, 0.2) is 12.5 Å². The van der Waals surface area contributed by atoms with Crippen LogP contribution >= 0.6 is 0 Å². The molecule has 472 valence electrons. The van der Waals surface area contributed by atoms with Gasteiger partial charge in [-0.25, -0.2) is 4.79 Å². The Hall–Kier alpha value is -2.23. The zero-order chi connectivity index (χ0) is 59.5. The highest BCUT2D eigenvalue weighted by atomic mass is 16.7. The van der Waals surface area contributed by atoms with Gasteiger partial charge in [0.1, 0.15) is 55.4 Å². The number of hydrogen-bond acceptors (Lipinski definition) is 19. The number of unbranched alkanes of at least 4 members (excludes halogenated alkanes) is 26. The second kappa shape index (κ2) is 42.6.